The second-order valence-corrected chi connectivity index (χ2v) is 5.52. The van der Waals surface area contributed by atoms with Gasteiger partial charge in [-0.15, -0.1) is 0 Å². The van der Waals surface area contributed by atoms with Crippen molar-refractivity contribution in [1.82, 2.24) is 5.16 Å². The summed E-state index contributed by atoms with van der Waals surface area (Å²) in [6.07, 6.45) is 0. The average Bonchev–Trinajstić information content (AvgIpc) is 2.84. The molecule has 4 heteroatoms. The molecule has 0 radical (unpaired) electrons. The van der Waals surface area contributed by atoms with E-state index >= 15 is 0 Å². The highest BCUT2D eigenvalue weighted by molar-refractivity contribution is 6.30. The van der Waals surface area contributed by atoms with Crippen LogP contribution < -0.4 is 5.73 Å². The van der Waals surface area contributed by atoms with E-state index in [1.165, 1.54) is 11.1 Å². The smallest absolute Gasteiger partial charge is 0.176 e. The number of hydrogen-bond acceptors (Lipinski definition) is 3. The maximum absolute atomic E-state index is 6.07. The molecule has 0 spiro atoms. The summed E-state index contributed by atoms with van der Waals surface area (Å²) >= 11 is 6.07. The number of aryl methyl sites for hydroxylation is 2. The number of hydrogen-bond donors (Lipinski definition) is 1. The van der Waals surface area contributed by atoms with Crippen molar-refractivity contribution in [2.45, 2.75) is 13.8 Å². The van der Waals surface area contributed by atoms with Gasteiger partial charge < -0.3 is 10.3 Å². The number of aromatic nitrogens is 1. The molecule has 0 aliphatic rings. The van der Waals surface area contributed by atoms with Crippen LogP contribution in [0.1, 0.15) is 11.1 Å². The normalized spacial score (nSPS) is 10.8. The van der Waals surface area contributed by atoms with Crippen LogP contribution in [0.2, 0.25) is 5.02 Å². The lowest BCUT2D eigenvalue weighted by molar-refractivity contribution is 0.436. The van der Waals surface area contributed by atoms with Gasteiger partial charge in [-0.25, -0.2) is 0 Å². The van der Waals surface area contributed by atoms with E-state index in [4.69, 9.17) is 21.9 Å². The highest BCUT2D eigenvalue weighted by atomic mass is 35.5. The van der Waals surface area contributed by atoms with Crippen LogP contribution in [-0.2, 0) is 0 Å². The first kappa shape index (κ1) is 13.7. The predicted octanol–water partition coefficient (Wildman–Crippen LogP) is 4.86. The zero-order valence-electron chi connectivity index (χ0n) is 11.9. The van der Waals surface area contributed by atoms with Crippen molar-refractivity contribution < 1.29 is 4.52 Å². The maximum atomic E-state index is 6.07. The Morgan fingerprint density at radius 3 is 2.52 bits per heavy atom. The third kappa shape index (κ3) is 2.52. The van der Waals surface area contributed by atoms with E-state index in [-0.39, 0.29) is 0 Å². The van der Waals surface area contributed by atoms with Crippen LogP contribution in [-0.4, -0.2) is 5.16 Å². The minimum atomic E-state index is 0.366. The van der Waals surface area contributed by atoms with E-state index in [2.05, 4.69) is 31.1 Å². The van der Waals surface area contributed by atoms with Crippen molar-refractivity contribution >= 4 is 17.4 Å². The van der Waals surface area contributed by atoms with Gasteiger partial charge in [0, 0.05) is 10.6 Å². The largest absolute Gasteiger partial charge is 0.380 e. The second-order valence-electron chi connectivity index (χ2n) is 5.08. The predicted molar refractivity (Wildman–Crippen MR) is 86.3 cm³/mol. The summed E-state index contributed by atoms with van der Waals surface area (Å²) in [5.74, 6) is 1.03. The molecule has 2 N–H and O–H groups in total. The highest BCUT2D eigenvalue weighted by Gasteiger charge is 2.18. The first-order valence-corrected chi connectivity index (χ1v) is 7.03. The van der Waals surface area contributed by atoms with Crippen LogP contribution in [0.4, 0.5) is 5.82 Å². The van der Waals surface area contributed by atoms with Crippen LogP contribution >= 0.6 is 11.6 Å². The van der Waals surface area contributed by atoms with Gasteiger partial charge in [-0.05, 0) is 48.7 Å². The summed E-state index contributed by atoms with van der Waals surface area (Å²) < 4.78 is 5.45. The second kappa shape index (κ2) is 5.26. The van der Waals surface area contributed by atoms with Gasteiger partial charge in [0.1, 0.15) is 0 Å². The van der Waals surface area contributed by atoms with E-state index in [1.807, 2.05) is 30.3 Å². The van der Waals surface area contributed by atoms with E-state index in [1.54, 1.807) is 0 Å². The monoisotopic (exact) mass is 298 g/mol. The summed E-state index contributed by atoms with van der Waals surface area (Å²) in [5.41, 5.74) is 11.0. The van der Waals surface area contributed by atoms with Gasteiger partial charge in [0.05, 0.1) is 5.56 Å². The molecule has 3 nitrogen and oxygen atoms in total. The summed E-state index contributed by atoms with van der Waals surface area (Å²) in [4.78, 5) is 0. The van der Waals surface area contributed by atoms with Crippen molar-refractivity contribution in [2.24, 2.45) is 0 Å². The van der Waals surface area contributed by atoms with Crippen molar-refractivity contribution in [3.8, 4) is 22.5 Å². The maximum Gasteiger partial charge on any atom is 0.176 e. The molecule has 0 fully saturated rings. The molecule has 3 aromatic rings. The zero-order chi connectivity index (χ0) is 15.0. The molecule has 1 aromatic heterocycles. The van der Waals surface area contributed by atoms with Gasteiger partial charge in [-0.1, -0.05) is 41.0 Å². The third-order valence-electron chi connectivity index (χ3n) is 3.60. The third-order valence-corrected chi connectivity index (χ3v) is 3.84. The summed E-state index contributed by atoms with van der Waals surface area (Å²) in [6, 6.07) is 13.7. The van der Waals surface area contributed by atoms with E-state index in [0.717, 1.165) is 16.7 Å². The van der Waals surface area contributed by atoms with Crippen molar-refractivity contribution in [1.29, 1.82) is 0 Å². The summed E-state index contributed by atoms with van der Waals surface area (Å²) in [5, 5.41) is 4.56. The van der Waals surface area contributed by atoms with Crippen LogP contribution in [0.25, 0.3) is 22.5 Å². The fourth-order valence-corrected chi connectivity index (χ4v) is 2.50. The molecule has 0 aliphatic carbocycles. The lowest BCUT2D eigenvalue weighted by Gasteiger charge is -2.06. The Morgan fingerprint density at radius 2 is 1.81 bits per heavy atom. The number of nitrogen functional groups attached to an aromatic ring is 1. The Bertz CT molecular complexity index is 808. The Balaban J connectivity index is 2.19. The fraction of sp³-hybridized carbons (Fsp3) is 0.118. The van der Waals surface area contributed by atoms with Gasteiger partial charge >= 0.3 is 0 Å². The Morgan fingerprint density at radius 1 is 1.00 bits per heavy atom. The standard InChI is InChI=1S/C17H15ClN2O/c1-10-6-7-13(8-11(10)2)16-15(17(19)20-21-16)12-4-3-5-14(18)9-12/h3-9H,1-2H3,(H2,19,20). The Hall–Kier alpha value is -2.26. The molecule has 0 atom stereocenters. The molecule has 21 heavy (non-hydrogen) atoms. The van der Waals surface area contributed by atoms with E-state index in [9.17, 15) is 0 Å². The topological polar surface area (TPSA) is 52.0 Å². The Kier molecular flexibility index (Phi) is 3.43. The fourth-order valence-electron chi connectivity index (χ4n) is 2.31. The van der Waals surface area contributed by atoms with Gasteiger partial charge in [0.2, 0.25) is 0 Å². The van der Waals surface area contributed by atoms with Gasteiger partial charge in [-0.3, -0.25) is 0 Å². The molecule has 1 heterocycles. The number of halogens is 1. The number of nitrogens with two attached hydrogens (primary N) is 1. The lowest BCUT2D eigenvalue weighted by Crippen LogP contribution is -1.89. The highest BCUT2D eigenvalue weighted by Crippen LogP contribution is 2.37. The van der Waals surface area contributed by atoms with Crippen molar-refractivity contribution in [3.05, 3.63) is 58.6 Å². The summed E-state index contributed by atoms with van der Waals surface area (Å²) in [6.45, 7) is 4.14. The molecule has 0 saturated heterocycles. The number of anilines is 1. The van der Waals surface area contributed by atoms with Crippen LogP contribution in [0.15, 0.2) is 47.0 Å². The van der Waals surface area contributed by atoms with Crippen LogP contribution in [0, 0.1) is 13.8 Å². The molecular formula is C17H15ClN2O. The molecule has 3 rings (SSSR count). The molecule has 0 saturated carbocycles. The molecule has 0 aliphatic heterocycles. The molecule has 2 aromatic carbocycles. The van der Waals surface area contributed by atoms with Gasteiger partial charge in [0.25, 0.3) is 0 Å². The van der Waals surface area contributed by atoms with Crippen molar-refractivity contribution in [2.75, 3.05) is 5.73 Å². The first-order valence-electron chi connectivity index (χ1n) is 6.65. The summed E-state index contributed by atoms with van der Waals surface area (Å²) in [7, 11) is 0. The SMILES string of the molecule is Cc1ccc(-c2onc(N)c2-c2cccc(Cl)c2)cc1C. The minimum absolute atomic E-state index is 0.366. The average molecular weight is 299 g/mol. The van der Waals surface area contributed by atoms with Crippen LogP contribution in [0.5, 0.6) is 0 Å². The number of benzene rings is 2. The van der Waals surface area contributed by atoms with E-state index in [0.29, 0.717) is 16.6 Å². The first-order chi connectivity index (χ1) is 10.1. The zero-order valence-corrected chi connectivity index (χ0v) is 12.6. The molecule has 106 valence electrons. The molecular weight excluding hydrogens is 284 g/mol. The minimum Gasteiger partial charge on any atom is -0.380 e. The number of rotatable bonds is 2. The molecule has 0 amide bonds. The Labute approximate surface area is 128 Å². The lowest BCUT2D eigenvalue weighted by atomic mass is 9.99. The molecule has 0 bridgehead atoms. The molecule has 0 unspecified atom stereocenters. The van der Waals surface area contributed by atoms with Crippen molar-refractivity contribution in [3.63, 3.8) is 0 Å². The van der Waals surface area contributed by atoms with E-state index < -0.39 is 0 Å². The quantitative estimate of drug-likeness (QED) is 0.735. The van der Waals surface area contributed by atoms with Gasteiger partial charge in [-0.2, -0.15) is 0 Å². The van der Waals surface area contributed by atoms with Gasteiger partial charge in [0.15, 0.2) is 11.6 Å². The van der Waals surface area contributed by atoms with Crippen LogP contribution in [0.3, 0.4) is 0 Å². The number of nitrogens with zero attached hydrogens (tertiary/aromatic N) is 1.